The molecular weight excluding hydrogens is 400 g/mol. The summed E-state index contributed by atoms with van der Waals surface area (Å²) in [7, 11) is 1.64. The molecule has 2 aromatic rings. The summed E-state index contributed by atoms with van der Waals surface area (Å²) in [5, 5.41) is 0.684. The van der Waals surface area contributed by atoms with Crippen molar-refractivity contribution in [1.29, 1.82) is 0 Å². The van der Waals surface area contributed by atoms with Crippen molar-refractivity contribution < 1.29 is 14.3 Å². The number of aryl methyl sites for hydroxylation is 1. The molecule has 1 saturated carbocycles. The van der Waals surface area contributed by atoms with Gasteiger partial charge in [0.1, 0.15) is 5.75 Å². The molecule has 1 saturated heterocycles. The van der Waals surface area contributed by atoms with Crippen molar-refractivity contribution in [2.24, 2.45) is 0 Å². The van der Waals surface area contributed by atoms with Crippen LogP contribution < -0.4 is 4.74 Å². The molecule has 2 fully saturated rings. The summed E-state index contributed by atoms with van der Waals surface area (Å²) in [5.74, 6) is 1.16. The SMILES string of the molecule is COc1ccc(CCC(=O)N2CCN(C(=O)C3(c4ccc(Cl)cc4)CC3)CC2)cc1. The molecule has 2 aliphatic rings. The number of rotatable bonds is 6. The molecule has 0 N–H and O–H groups in total. The normalized spacial score (nSPS) is 17.5. The second-order valence-corrected chi connectivity index (χ2v) is 8.55. The van der Waals surface area contributed by atoms with Crippen molar-refractivity contribution in [1.82, 2.24) is 9.80 Å². The van der Waals surface area contributed by atoms with Gasteiger partial charge in [-0.2, -0.15) is 0 Å². The zero-order valence-corrected chi connectivity index (χ0v) is 18.0. The average molecular weight is 427 g/mol. The Morgan fingerprint density at radius 2 is 1.53 bits per heavy atom. The third kappa shape index (κ3) is 4.31. The lowest BCUT2D eigenvalue weighted by Gasteiger charge is -2.36. The molecule has 2 amide bonds. The van der Waals surface area contributed by atoms with E-state index in [0.29, 0.717) is 44.0 Å². The summed E-state index contributed by atoms with van der Waals surface area (Å²) in [6.07, 6.45) is 2.96. The second-order valence-electron chi connectivity index (χ2n) is 8.11. The van der Waals surface area contributed by atoms with E-state index in [1.165, 1.54) is 0 Å². The third-order valence-electron chi connectivity index (χ3n) is 6.26. The lowest BCUT2D eigenvalue weighted by Crippen LogP contribution is -2.53. The van der Waals surface area contributed by atoms with Gasteiger partial charge in [-0.15, -0.1) is 0 Å². The summed E-state index contributed by atoms with van der Waals surface area (Å²) in [5.41, 5.74) is 1.79. The van der Waals surface area contributed by atoms with Gasteiger partial charge < -0.3 is 14.5 Å². The molecule has 0 aromatic heterocycles. The first-order valence-corrected chi connectivity index (χ1v) is 10.9. The van der Waals surface area contributed by atoms with Gasteiger partial charge in [0.2, 0.25) is 11.8 Å². The first kappa shape index (κ1) is 20.7. The maximum Gasteiger partial charge on any atom is 0.233 e. The number of carbonyl (C=O) groups is 2. The van der Waals surface area contributed by atoms with Gasteiger partial charge in [0.05, 0.1) is 12.5 Å². The van der Waals surface area contributed by atoms with Gasteiger partial charge in [-0.1, -0.05) is 35.9 Å². The van der Waals surface area contributed by atoms with Gasteiger partial charge in [-0.05, 0) is 54.7 Å². The van der Waals surface area contributed by atoms with Crippen LogP contribution in [-0.2, 0) is 21.4 Å². The fourth-order valence-electron chi connectivity index (χ4n) is 4.18. The fraction of sp³-hybridized carbons (Fsp3) is 0.417. The summed E-state index contributed by atoms with van der Waals surface area (Å²) in [4.78, 5) is 29.6. The maximum absolute atomic E-state index is 13.2. The van der Waals surface area contributed by atoms with E-state index >= 15 is 0 Å². The Hall–Kier alpha value is -2.53. The van der Waals surface area contributed by atoms with Crippen molar-refractivity contribution in [3.8, 4) is 5.75 Å². The molecule has 1 aliphatic carbocycles. The molecule has 0 spiro atoms. The zero-order chi connectivity index (χ0) is 21.1. The number of halogens is 1. The van der Waals surface area contributed by atoms with Crippen molar-refractivity contribution >= 4 is 23.4 Å². The smallest absolute Gasteiger partial charge is 0.233 e. The minimum absolute atomic E-state index is 0.150. The standard InChI is InChI=1S/C24H27ClN2O3/c1-30-21-9-2-18(3-10-21)4-11-22(28)26-14-16-27(17-15-26)23(29)24(12-13-24)19-5-7-20(25)8-6-19/h2-3,5-10H,4,11-17H2,1H3. The number of nitrogens with zero attached hydrogens (tertiary/aromatic N) is 2. The van der Waals surface area contributed by atoms with E-state index in [4.69, 9.17) is 16.3 Å². The van der Waals surface area contributed by atoms with E-state index in [2.05, 4.69) is 0 Å². The molecule has 0 unspecified atom stereocenters. The number of hydrogen-bond donors (Lipinski definition) is 0. The van der Waals surface area contributed by atoms with Crippen LogP contribution in [0.5, 0.6) is 5.75 Å². The molecule has 1 aliphatic heterocycles. The first-order valence-electron chi connectivity index (χ1n) is 10.5. The quantitative estimate of drug-likeness (QED) is 0.707. The predicted octanol–water partition coefficient (Wildman–Crippen LogP) is 3.68. The topological polar surface area (TPSA) is 49.9 Å². The highest BCUT2D eigenvalue weighted by Crippen LogP contribution is 2.49. The molecule has 6 heteroatoms. The van der Waals surface area contributed by atoms with E-state index in [1.54, 1.807) is 7.11 Å². The van der Waals surface area contributed by atoms with Crippen molar-refractivity contribution in [2.75, 3.05) is 33.3 Å². The van der Waals surface area contributed by atoms with E-state index in [9.17, 15) is 9.59 Å². The van der Waals surface area contributed by atoms with Crippen LogP contribution in [0.25, 0.3) is 0 Å². The minimum atomic E-state index is -0.384. The molecule has 1 heterocycles. The monoisotopic (exact) mass is 426 g/mol. The van der Waals surface area contributed by atoms with Crippen LogP contribution >= 0.6 is 11.6 Å². The molecule has 158 valence electrons. The molecule has 4 rings (SSSR count). The highest BCUT2D eigenvalue weighted by atomic mass is 35.5. The van der Waals surface area contributed by atoms with E-state index in [-0.39, 0.29) is 17.2 Å². The number of ether oxygens (including phenoxy) is 1. The Labute approximate surface area is 182 Å². The first-order chi connectivity index (χ1) is 14.5. The molecule has 0 bridgehead atoms. The Balaban J connectivity index is 1.28. The summed E-state index contributed by atoms with van der Waals surface area (Å²) in [6.45, 7) is 2.40. The Kier molecular flexibility index (Phi) is 6.00. The number of methoxy groups -OCH3 is 1. The maximum atomic E-state index is 13.2. The molecule has 2 aromatic carbocycles. The fourth-order valence-corrected chi connectivity index (χ4v) is 4.31. The van der Waals surface area contributed by atoms with Gasteiger partial charge in [-0.25, -0.2) is 0 Å². The zero-order valence-electron chi connectivity index (χ0n) is 17.3. The van der Waals surface area contributed by atoms with Gasteiger partial charge in [0, 0.05) is 37.6 Å². The molecule has 30 heavy (non-hydrogen) atoms. The van der Waals surface area contributed by atoms with Crippen molar-refractivity contribution in [3.63, 3.8) is 0 Å². The summed E-state index contributed by atoms with van der Waals surface area (Å²) in [6, 6.07) is 15.5. The van der Waals surface area contributed by atoms with Crippen LogP contribution in [0.15, 0.2) is 48.5 Å². The van der Waals surface area contributed by atoms with Crippen LogP contribution in [0.1, 0.15) is 30.4 Å². The number of carbonyl (C=O) groups excluding carboxylic acids is 2. The van der Waals surface area contributed by atoms with Crippen LogP contribution in [0.3, 0.4) is 0 Å². The van der Waals surface area contributed by atoms with Crippen molar-refractivity contribution in [3.05, 3.63) is 64.7 Å². The Morgan fingerprint density at radius 1 is 0.933 bits per heavy atom. The Bertz CT molecular complexity index is 899. The van der Waals surface area contributed by atoms with Crippen molar-refractivity contribution in [2.45, 2.75) is 31.1 Å². The van der Waals surface area contributed by atoms with Crippen LogP contribution in [0, 0.1) is 0 Å². The molecule has 0 atom stereocenters. The van der Waals surface area contributed by atoms with E-state index in [0.717, 1.165) is 29.7 Å². The predicted molar refractivity (Wildman–Crippen MR) is 117 cm³/mol. The number of hydrogen-bond acceptors (Lipinski definition) is 3. The molecule has 5 nitrogen and oxygen atoms in total. The average Bonchev–Trinajstić information content (AvgIpc) is 3.60. The van der Waals surface area contributed by atoms with Crippen LogP contribution in [-0.4, -0.2) is 54.9 Å². The van der Waals surface area contributed by atoms with Gasteiger partial charge >= 0.3 is 0 Å². The molecular formula is C24H27ClN2O3. The number of benzene rings is 2. The summed E-state index contributed by atoms with van der Waals surface area (Å²) < 4.78 is 5.17. The lowest BCUT2D eigenvalue weighted by atomic mass is 9.94. The van der Waals surface area contributed by atoms with Crippen LogP contribution in [0.4, 0.5) is 0 Å². The van der Waals surface area contributed by atoms with Gasteiger partial charge in [0.15, 0.2) is 0 Å². The summed E-state index contributed by atoms with van der Waals surface area (Å²) >= 11 is 6.00. The highest BCUT2D eigenvalue weighted by Gasteiger charge is 2.53. The minimum Gasteiger partial charge on any atom is -0.497 e. The Morgan fingerprint density at radius 3 is 2.10 bits per heavy atom. The number of piperazine rings is 1. The third-order valence-corrected chi connectivity index (χ3v) is 6.51. The van der Waals surface area contributed by atoms with Gasteiger partial charge in [0.25, 0.3) is 0 Å². The second kappa shape index (κ2) is 8.68. The van der Waals surface area contributed by atoms with Gasteiger partial charge in [-0.3, -0.25) is 9.59 Å². The number of amides is 2. The largest absolute Gasteiger partial charge is 0.497 e. The lowest BCUT2D eigenvalue weighted by molar-refractivity contribution is -0.141. The molecule has 0 radical (unpaired) electrons. The van der Waals surface area contributed by atoms with E-state index in [1.807, 2.05) is 58.3 Å². The van der Waals surface area contributed by atoms with Crippen LogP contribution in [0.2, 0.25) is 5.02 Å². The highest BCUT2D eigenvalue weighted by molar-refractivity contribution is 6.30. The van der Waals surface area contributed by atoms with E-state index < -0.39 is 0 Å².